The van der Waals surface area contributed by atoms with Gasteiger partial charge in [-0.2, -0.15) is 4.39 Å². The van der Waals surface area contributed by atoms with Crippen molar-refractivity contribution in [2.45, 2.75) is 16.6 Å². The van der Waals surface area contributed by atoms with E-state index in [0.29, 0.717) is 5.69 Å². The fourth-order valence-electron chi connectivity index (χ4n) is 2.34. The van der Waals surface area contributed by atoms with Crippen molar-refractivity contribution in [1.29, 1.82) is 0 Å². The normalized spacial score (nSPS) is 15.9. The molecular weight excluding hydrogens is 349 g/mol. The molecule has 2 amide bonds. The Hall–Kier alpha value is -2.94. The first-order valence-electron chi connectivity index (χ1n) is 7.24. The molecule has 0 radical (unpaired) electrons. The first-order chi connectivity index (χ1) is 11.9. The number of rotatable bonds is 4. The Morgan fingerprint density at radius 2 is 2.08 bits per heavy atom. The molecule has 9 heteroatoms. The monoisotopic (exact) mass is 361 g/mol. The Balaban J connectivity index is 1.66. The second-order valence-electron chi connectivity index (χ2n) is 5.27. The maximum atomic E-state index is 13.6. The summed E-state index contributed by atoms with van der Waals surface area (Å²) in [4.78, 5) is 34.8. The number of carbonyl (C=O) groups excluding carboxylic acids is 2. The van der Waals surface area contributed by atoms with Crippen LogP contribution in [0.25, 0.3) is 0 Å². The fraction of sp³-hybridized carbons (Fsp3) is 0.125. The lowest BCUT2D eigenvalue weighted by molar-refractivity contribution is -0.387. The molecule has 0 aliphatic carbocycles. The molecule has 2 aromatic rings. The quantitative estimate of drug-likeness (QED) is 0.643. The molecule has 7 nitrogen and oxygen atoms in total. The van der Waals surface area contributed by atoms with Gasteiger partial charge in [0.05, 0.1) is 15.9 Å². The molecule has 0 bridgehead atoms. The summed E-state index contributed by atoms with van der Waals surface area (Å²) in [7, 11) is 0. The predicted molar refractivity (Wildman–Crippen MR) is 91.0 cm³/mol. The maximum Gasteiger partial charge on any atom is 0.304 e. The number of hydrogen-bond donors (Lipinski definition) is 2. The van der Waals surface area contributed by atoms with E-state index in [-0.39, 0.29) is 18.0 Å². The summed E-state index contributed by atoms with van der Waals surface area (Å²) in [5, 5.41) is 15.2. The molecule has 0 saturated carbocycles. The summed E-state index contributed by atoms with van der Waals surface area (Å²) in [6.45, 7) is 0. The second-order valence-corrected chi connectivity index (χ2v) is 6.51. The molecule has 1 aliphatic rings. The van der Waals surface area contributed by atoms with Crippen LogP contribution in [0.3, 0.4) is 0 Å². The molecular formula is C16H12FN3O4S. The molecule has 0 spiro atoms. The number of fused-ring (bicyclic) bond motifs is 1. The zero-order valence-corrected chi connectivity index (χ0v) is 13.5. The lowest BCUT2D eigenvalue weighted by Gasteiger charge is -2.23. The highest BCUT2D eigenvalue weighted by atomic mass is 32.2. The van der Waals surface area contributed by atoms with Crippen molar-refractivity contribution >= 4 is 40.6 Å². The highest BCUT2D eigenvalue weighted by Gasteiger charge is 2.29. The minimum absolute atomic E-state index is 0.0923. The van der Waals surface area contributed by atoms with Gasteiger partial charge in [-0.05, 0) is 18.2 Å². The molecule has 1 atom stereocenters. The van der Waals surface area contributed by atoms with E-state index in [1.54, 1.807) is 12.1 Å². The number of nitrogens with zero attached hydrogens (tertiary/aromatic N) is 1. The number of thioether (sulfide) groups is 1. The van der Waals surface area contributed by atoms with Gasteiger partial charge in [0.1, 0.15) is 0 Å². The van der Waals surface area contributed by atoms with Gasteiger partial charge in [0.25, 0.3) is 0 Å². The van der Waals surface area contributed by atoms with E-state index in [4.69, 9.17) is 0 Å². The largest absolute Gasteiger partial charge is 0.326 e. The van der Waals surface area contributed by atoms with Crippen LogP contribution < -0.4 is 10.6 Å². The van der Waals surface area contributed by atoms with Crippen molar-refractivity contribution < 1.29 is 18.9 Å². The Morgan fingerprint density at radius 1 is 1.32 bits per heavy atom. The molecule has 2 N–H and O–H groups in total. The summed E-state index contributed by atoms with van der Waals surface area (Å²) in [6.07, 6.45) is -0.108. The van der Waals surface area contributed by atoms with Crippen molar-refractivity contribution in [2.75, 3.05) is 10.6 Å². The lowest BCUT2D eigenvalue weighted by Crippen LogP contribution is -2.32. The van der Waals surface area contributed by atoms with Crippen LogP contribution in [-0.2, 0) is 9.59 Å². The molecule has 0 aromatic heterocycles. The SMILES string of the molecule is O=C(C[C@H]1Sc2ccccc2NC1=O)Nc1ccc([N+](=O)[O-])c(F)c1. The van der Waals surface area contributed by atoms with Crippen LogP contribution in [0.2, 0.25) is 0 Å². The highest BCUT2D eigenvalue weighted by Crippen LogP contribution is 2.36. The molecule has 1 heterocycles. The number of amides is 2. The molecule has 0 unspecified atom stereocenters. The predicted octanol–water partition coefficient (Wildman–Crippen LogP) is 3.18. The number of nitro benzene ring substituents is 1. The minimum Gasteiger partial charge on any atom is -0.326 e. The Bertz CT molecular complexity index is 874. The zero-order chi connectivity index (χ0) is 18.0. The third kappa shape index (κ3) is 3.77. The molecule has 0 saturated heterocycles. The van der Waals surface area contributed by atoms with E-state index in [0.717, 1.165) is 17.0 Å². The summed E-state index contributed by atoms with van der Waals surface area (Å²) in [5.74, 6) is -1.81. The number of nitrogens with one attached hydrogen (secondary N) is 2. The number of anilines is 2. The number of halogens is 1. The topological polar surface area (TPSA) is 101 Å². The third-order valence-electron chi connectivity index (χ3n) is 3.51. The van der Waals surface area contributed by atoms with E-state index in [9.17, 15) is 24.1 Å². The van der Waals surface area contributed by atoms with Gasteiger partial charge in [-0.3, -0.25) is 19.7 Å². The first-order valence-corrected chi connectivity index (χ1v) is 8.12. The van der Waals surface area contributed by atoms with Gasteiger partial charge in [0.2, 0.25) is 17.6 Å². The molecule has 128 valence electrons. The molecule has 0 fully saturated rings. The molecule has 1 aliphatic heterocycles. The van der Waals surface area contributed by atoms with Crippen molar-refractivity contribution in [2.24, 2.45) is 0 Å². The van der Waals surface area contributed by atoms with Crippen molar-refractivity contribution in [3.63, 3.8) is 0 Å². The number of benzene rings is 2. The zero-order valence-electron chi connectivity index (χ0n) is 12.7. The van der Waals surface area contributed by atoms with E-state index in [2.05, 4.69) is 10.6 Å². The number of carbonyl (C=O) groups is 2. The van der Waals surface area contributed by atoms with Gasteiger partial charge in [-0.25, -0.2) is 0 Å². The second kappa shape index (κ2) is 6.89. The summed E-state index contributed by atoms with van der Waals surface area (Å²) < 4.78 is 13.6. The average Bonchev–Trinajstić information content (AvgIpc) is 2.55. The first kappa shape index (κ1) is 16.9. The van der Waals surface area contributed by atoms with E-state index in [1.807, 2.05) is 12.1 Å². The van der Waals surface area contributed by atoms with Crippen LogP contribution in [0, 0.1) is 15.9 Å². The van der Waals surface area contributed by atoms with Gasteiger partial charge in [0, 0.05) is 29.1 Å². The standard InChI is InChI=1S/C16H12FN3O4S/c17-10-7-9(5-6-12(10)20(23)24)18-15(21)8-14-16(22)19-11-3-1-2-4-13(11)25-14/h1-7,14H,8H2,(H,18,21)(H,19,22)/t14-/m1/s1. The third-order valence-corrected chi connectivity index (χ3v) is 4.78. The van der Waals surface area contributed by atoms with Crippen LogP contribution in [0.15, 0.2) is 47.4 Å². The summed E-state index contributed by atoms with van der Waals surface area (Å²) in [6, 6.07) is 10.3. The Morgan fingerprint density at radius 3 is 2.80 bits per heavy atom. The Kier molecular flexibility index (Phi) is 4.66. The summed E-state index contributed by atoms with van der Waals surface area (Å²) in [5.41, 5.74) is 0.123. The van der Waals surface area contributed by atoms with E-state index in [1.165, 1.54) is 17.8 Å². The number of hydrogen-bond acceptors (Lipinski definition) is 5. The van der Waals surface area contributed by atoms with Gasteiger partial charge in [0.15, 0.2) is 0 Å². The van der Waals surface area contributed by atoms with Gasteiger partial charge in [-0.1, -0.05) is 12.1 Å². The number of para-hydroxylation sites is 1. The van der Waals surface area contributed by atoms with Crippen LogP contribution in [-0.4, -0.2) is 22.0 Å². The smallest absolute Gasteiger partial charge is 0.304 e. The van der Waals surface area contributed by atoms with Crippen LogP contribution in [0.5, 0.6) is 0 Å². The highest BCUT2D eigenvalue weighted by molar-refractivity contribution is 8.01. The minimum atomic E-state index is -1.04. The summed E-state index contributed by atoms with van der Waals surface area (Å²) >= 11 is 1.28. The molecule has 2 aromatic carbocycles. The van der Waals surface area contributed by atoms with Gasteiger partial charge in [-0.15, -0.1) is 11.8 Å². The van der Waals surface area contributed by atoms with E-state index < -0.39 is 27.6 Å². The molecule has 3 rings (SSSR count). The lowest BCUT2D eigenvalue weighted by atomic mass is 10.2. The van der Waals surface area contributed by atoms with Crippen molar-refractivity contribution in [1.82, 2.24) is 0 Å². The Labute approximate surface area is 145 Å². The molecule has 25 heavy (non-hydrogen) atoms. The average molecular weight is 361 g/mol. The van der Waals surface area contributed by atoms with Crippen LogP contribution in [0.4, 0.5) is 21.5 Å². The number of nitro groups is 1. The fourth-order valence-corrected chi connectivity index (χ4v) is 3.45. The van der Waals surface area contributed by atoms with E-state index >= 15 is 0 Å². The van der Waals surface area contributed by atoms with Gasteiger partial charge < -0.3 is 10.6 Å². The van der Waals surface area contributed by atoms with Crippen LogP contribution >= 0.6 is 11.8 Å². The van der Waals surface area contributed by atoms with Crippen molar-refractivity contribution in [3.8, 4) is 0 Å². The van der Waals surface area contributed by atoms with Crippen LogP contribution in [0.1, 0.15) is 6.42 Å². The van der Waals surface area contributed by atoms with Crippen molar-refractivity contribution in [3.05, 3.63) is 58.4 Å². The van der Waals surface area contributed by atoms with Gasteiger partial charge >= 0.3 is 5.69 Å². The maximum absolute atomic E-state index is 13.6.